The minimum absolute atomic E-state index is 0.0579. The van der Waals surface area contributed by atoms with Gasteiger partial charge >= 0.3 is 12.1 Å². The third kappa shape index (κ3) is 5.05. The number of nitrogens with two attached hydrogens (primary N) is 1. The molecule has 1 amide bonds. The van der Waals surface area contributed by atoms with E-state index in [2.05, 4.69) is 20.4 Å². The monoisotopic (exact) mass is 430 g/mol. The summed E-state index contributed by atoms with van der Waals surface area (Å²) in [5.74, 6) is -1.07. The van der Waals surface area contributed by atoms with Gasteiger partial charge in [-0.15, -0.1) is 0 Å². The quantitative estimate of drug-likeness (QED) is 0.590. The van der Waals surface area contributed by atoms with Crippen molar-refractivity contribution in [2.45, 2.75) is 39.8 Å². The lowest BCUT2D eigenvalue weighted by Crippen LogP contribution is -2.27. The highest BCUT2D eigenvalue weighted by Crippen LogP contribution is 2.32. The molecule has 3 rings (SSSR count). The van der Waals surface area contributed by atoms with Gasteiger partial charge < -0.3 is 15.2 Å². The number of aromatic nitrogens is 4. The highest BCUT2D eigenvalue weighted by Gasteiger charge is 2.21. The van der Waals surface area contributed by atoms with E-state index in [-0.39, 0.29) is 24.7 Å². The van der Waals surface area contributed by atoms with Gasteiger partial charge in [-0.05, 0) is 39.8 Å². The molecule has 0 fully saturated rings. The summed E-state index contributed by atoms with van der Waals surface area (Å²) in [5, 5.41) is 7.12. The van der Waals surface area contributed by atoms with Crippen LogP contribution in [-0.4, -0.2) is 44.0 Å². The van der Waals surface area contributed by atoms with Crippen LogP contribution in [0.2, 0.25) is 0 Å². The van der Waals surface area contributed by atoms with Gasteiger partial charge in [0.15, 0.2) is 5.65 Å². The van der Waals surface area contributed by atoms with Gasteiger partial charge in [0.1, 0.15) is 35.8 Å². The molecule has 1 aromatic carbocycles. The maximum absolute atomic E-state index is 14.7. The SMILES string of the molecule is CCOC(=O)Cn1nc(-c2ccc(NC(=O)OC(C)(C)C)c(F)c2)c2c(N)ncnc21. The first kappa shape index (κ1) is 21.9. The second-order valence-corrected chi connectivity index (χ2v) is 7.59. The Morgan fingerprint density at radius 3 is 2.65 bits per heavy atom. The van der Waals surface area contributed by atoms with Gasteiger partial charge in [0.25, 0.3) is 0 Å². The van der Waals surface area contributed by atoms with E-state index < -0.39 is 23.5 Å². The number of benzene rings is 1. The Morgan fingerprint density at radius 1 is 1.26 bits per heavy atom. The molecule has 0 saturated carbocycles. The summed E-state index contributed by atoms with van der Waals surface area (Å²) in [7, 11) is 0. The van der Waals surface area contributed by atoms with Crippen LogP contribution in [0, 0.1) is 5.82 Å². The maximum atomic E-state index is 14.7. The van der Waals surface area contributed by atoms with Crippen LogP contribution in [0.25, 0.3) is 22.3 Å². The van der Waals surface area contributed by atoms with E-state index in [4.69, 9.17) is 15.2 Å². The topological polar surface area (TPSA) is 134 Å². The lowest BCUT2D eigenvalue weighted by atomic mass is 10.1. The summed E-state index contributed by atoms with van der Waals surface area (Å²) < 4.78 is 26.1. The smallest absolute Gasteiger partial charge is 0.412 e. The van der Waals surface area contributed by atoms with E-state index in [0.717, 1.165) is 0 Å². The van der Waals surface area contributed by atoms with E-state index in [0.29, 0.717) is 22.3 Å². The third-order valence-electron chi connectivity index (χ3n) is 4.02. The normalized spacial score (nSPS) is 11.4. The molecule has 3 N–H and O–H groups in total. The van der Waals surface area contributed by atoms with Crippen molar-refractivity contribution in [3.8, 4) is 11.3 Å². The number of nitrogens with one attached hydrogen (secondary N) is 1. The van der Waals surface area contributed by atoms with Crippen molar-refractivity contribution < 1.29 is 23.5 Å². The van der Waals surface area contributed by atoms with Gasteiger partial charge in [-0.2, -0.15) is 5.10 Å². The molecule has 164 valence electrons. The molecule has 0 aliphatic carbocycles. The Labute approximate surface area is 177 Å². The summed E-state index contributed by atoms with van der Waals surface area (Å²) >= 11 is 0. The van der Waals surface area contributed by atoms with Crippen LogP contribution in [0.5, 0.6) is 0 Å². The number of nitrogens with zero attached hydrogens (tertiary/aromatic N) is 4. The van der Waals surface area contributed by atoms with Gasteiger partial charge in [0.05, 0.1) is 17.7 Å². The molecule has 10 nitrogen and oxygen atoms in total. The van der Waals surface area contributed by atoms with E-state index in [9.17, 15) is 14.0 Å². The number of rotatable bonds is 5. The minimum Gasteiger partial charge on any atom is -0.465 e. The number of carbonyl (C=O) groups is 2. The third-order valence-corrected chi connectivity index (χ3v) is 4.02. The number of hydrogen-bond acceptors (Lipinski definition) is 8. The largest absolute Gasteiger partial charge is 0.465 e. The first-order valence-electron chi connectivity index (χ1n) is 9.51. The fourth-order valence-electron chi connectivity index (χ4n) is 2.85. The van der Waals surface area contributed by atoms with Crippen LogP contribution in [0.3, 0.4) is 0 Å². The van der Waals surface area contributed by atoms with E-state index in [1.807, 2.05) is 0 Å². The summed E-state index contributed by atoms with van der Waals surface area (Å²) in [6.45, 7) is 6.84. The molecule has 0 aliphatic heterocycles. The van der Waals surface area contributed by atoms with Crippen LogP contribution >= 0.6 is 0 Å². The van der Waals surface area contributed by atoms with Crippen molar-refractivity contribution in [3.63, 3.8) is 0 Å². The lowest BCUT2D eigenvalue weighted by molar-refractivity contribution is -0.143. The fraction of sp³-hybridized carbons (Fsp3) is 0.350. The van der Waals surface area contributed by atoms with Crippen LogP contribution in [0.4, 0.5) is 20.7 Å². The maximum Gasteiger partial charge on any atom is 0.412 e. The van der Waals surface area contributed by atoms with Gasteiger partial charge in [-0.3, -0.25) is 10.1 Å². The Hall–Kier alpha value is -3.76. The molecule has 0 radical (unpaired) electrons. The molecule has 0 spiro atoms. The lowest BCUT2D eigenvalue weighted by Gasteiger charge is -2.19. The number of fused-ring (bicyclic) bond motifs is 1. The highest BCUT2D eigenvalue weighted by atomic mass is 19.1. The first-order chi connectivity index (χ1) is 14.6. The molecule has 0 atom stereocenters. The van der Waals surface area contributed by atoms with Crippen LogP contribution in [0.15, 0.2) is 24.5 Å². The molecule has 3 aromatic rings. The molecule has 0 unspecified atom stereocenters. The Balaban J connectivity index is 1.97. The zero-order chi connectivity index (χ0) is 22.8. The summed E-state index contributed by atoms with van der Waals surface area (Å²) in [5.41, 5.74) is 6.19. The first-order valence-corrected chi connectivity index (χ1v) is 9.51. The number of hydrogen-bond donors (Lipinski definition) is 2. The number of anilines is 2. The minimum atomic E-state index is -0.777. The predicted molar refractivity (Wildman–Crippen MR) is 112 cm³/mol. The Bertz CT molecular complexity index is 1140. The molecular weight excluding hydrogens is 407 g/mol. The zero-order valence-electron chi connectivity index (χ0n) is 17.6. The fourth-order valence-corrected chi connectivity index (χ4v) is 2.85. The number of amides is 1. The molecular formula is C20H23FN6O4. The van der Waals surface area contributed by atoms with E-state index >= 15 is 0 Å². The molecule has 0 saturated heterocycles. The van der Waals surface area contributed by atoms with Crippen molar-refractivity contribution in [3.05, 3.63) is 30.3 Å². The molecule has 0 aliphatic rings. The van der Waals surface area contributed by atoms with E-state index in [1.54, 1.807) is 33.8 Å². The van der Waals surface area contributed by atoms with Crippen LogP contribution in [0.1, 0.15) is 27.7 Å². The van der Waals surface area contributed by atoms with Gasteiger partial charge in [0.2, 0.25) is 0 Å². The van der Waals surface area contributed by atoms with Crippen LogP contribution < -0.4 is 11.1 Å². The van der Waals surface area contributed by atoms with Crippen molar-refractivity contribution in [2.24, 2.45) is 0 Å². The second kappa shape index (κ2) is 8.54. The standard InChI is InChI=1S/C20H23FN6O4/c1-5-30-14(28)9-27-18-15(17(22)23-10-24-18)16(26-27)11-6-7-13(12(21)8-11)25-19(29)31-20(2,3)4/h6-8,10H,5,9H2,1-4H3,(H,25,29)(H2,22,23,24). The summed E-state index contributed by atoms with van der Waals surface area (Å²) in [6, 6.07) is 4.12. The van der Waals surface area contributed by atoms with Gasteiger partial charge in [0, 0.05) is 5.56 Å². The van der Waals surface area contributed by atoms with E-state index in [1.165, 1.54) is 23.1 Å². The van der Waals surface area contributed by atoms with Crippen molar-refractivity contribution in [2.75, 3.05) is 17.7 Å². The van der Waals surface area contributed by atoms with Crippen molar-refractivity contribution >= 4 is 34.6 Å². The summed E-state index contributed by atoms with van der Waals surface area (Å²) in [6.07, 6.45) is 0.472. The van der Waals surface area contributed by atoms with Gasteiger partial charge in [-0.1, -0.05) is 6.07 Å². The van der Waals surface area contributed by atoms with Crippen molar-refractivity contribution in [1.82, 2.24) is 19.7 Å². The number of carbonyl (C=O) groups excluding carboxylic acids is 2. The molecule has 0 bridgehead atoms. The molecule has 11 heteroatoms. The van der Waals surface area contributed by atoms with Crippen LogP contribution in [-0.2, 0) is 20.8 Å². The summed E-state index contributed by atoms with van der Waals surface area (Å²) in [4.78, 5) is 32.0. The average Bonchev–Trinajstić information content (AvgIpc) is 3.02. The Morgan fingerprint density at radius 2 is 2.00 bits per heavy atom. The number of esters is 1. The zero-order valence-corrected chi connectivity index (χ0v) is 17.6. The predicted octanol–water partition coefficient (Wildman–Crippen LogP) is 3.12. The van der Waals surface area contributed by atoms with Crippen molar-refractivity contribution in [1.29, 1.82) is 0 Å². The molecule has 2 heterocycles. The molecule has 2 aromatic heterocycles. The number of nitrogen functional groups attached to an aromatic ring is 1. The average molecular weight is 430 g/mol. The number of halogens is 1. The highest BCUT2D eigenvalue weighted by molar-refractivity contribution is 5.99. The Kier molecular flexibility index (Phi) is 6.04. The second-order valence-electron chi connectivity index (χ2n) is 7.59. The number of ether oxygens (including phenoxy) is 2. The van der Waals surface area contributed by atoms with Gasteiger partial charge in [-0.25, -0.2) is 23.8 Å². The molecule has 31 heavy (non-hydrogen) atoms.